The maximum absolute atomic E-state index is 6.07. The zero-order valence-corrected chi connectivity index (χ0v) is 12.2. The molecule has 19 heavy (non-hydrogen) atoms. The topological polar surface area (TPSA) is 39.7 Å². The van der Waals surface area contributed by atoms with Crippen molar-refractivity contribution in [1.82, 2.24) is 5.32 Å². The smallest absolute Gasteiger partial charge is 0.168 e. The summed E-state index contributed by atoms with van der Waals surface area (Å²) in [4.78, 5) is 0. The molecule has 2 unspecified atom stereocenters. The molecule has 1 N–H and O–H groups in total. The number of hydrogen-bond acceptors (Lipinski definition) is 4. The van der Waals surface area contributed by atoms with E-state index >= 15 is 0 Å². The zero-order chi connectivity index (χ0) is 13.7. The summed E-state index contributed by atoms with van der Waals surface area (Å²) in [6, 6.07) is 5.59. The van der Waals surface area contributed by atoms with Gasteiger partial charge in [-0.2, -0.15) is 0 Å². The van der Waals surface area contributed by atoms with Crippen LogP contribution in [0.5, 0.6) is 0 Å². The van der Waals surface area contributed by atoms with Crippen molar-refractivity contribution in [2.45, 2.75) is 12.2 Å². The average Bonchev–Trinajstić information content (AvgIpc) is 2.65. The molecule has 106 valence electrons. The monoisotopic (exact) mass is 305 g/mol. The quantitative estimate of drug-likeness (QED) is 0.868. The fourth-order valence-corrected chi connectivity index (χ4v) is 2.34. The van der Waals surface area contributed by atoms with Crippen LogP contribution in [0.15, 0.2) is 18.2 Å². The van der Waals surface area contributed by atoms with Crippen LogP contribution >= 0.6 is 23.2 Å². The van der Waals surface area contributed by atoms with E-state index in [9.17, 15) is 0 Å². The molecule has 1 aliphatic heterocycles. The minimum atomic E-state index is -0.354. The fourth-order valence-electron chi connectivity index (χ4n) is 2.03. The highest BCUT2D eigenvalue weighted by Crippen LogP contribution is 2.30. The van der Waals surface area contributed by atoms with Crippen molar-refractivity contribution in [3.8, 4) is 0 Å². The molecule has 1 aromatic carbocycles. The molecule has 1 heterocycles. The summed E-state index contributed by atoms with van der Waals surface area (Å²) in [7, 11) is 1.59. The second-order valence-corrected chi connectivity index (χ2v) is 5.11. The molecular weight excluding hydrogens is 289 g/mol. The lowest BCUT2D eigenvalue weighted by molar-refractivity contribution is -0.192. The van der Waals surface area contributed by atoms with Gasteiger partial charge in [-0.05, 0) is 17.7 Å². The van der Waals surface area contributed by atoms with Gasteiger partial charge in [0, 0.05) is 26.1 Å². The third kappa shape index (κ3) is 4.05. The Hall–Kier alpha value is -0.360. The van der Waals surface area contributed by atoms with Gasteiger partial charge in [-0.3, -0.25) is 0 Å². The molecule has 1 saturated heterocycles. The molecule has 4 nitrogen and oxygen atoms in total. The summed E-state index contributed by atoms with van der Waals surface area (Å²) in [6.45, 7) is 2.35. The van der Waals surface area contributed by atoms with Crippen LogP contribution in [-0.2, 0) is 14.2 Å². The molecule has 0 saturated carbocycles. The number of methoxy groups -OCH3 is 1. The highest BCUT2D eigenvalue weighted by Gasteiger charge is 2.27. The lowest BCUT2D eigenvalue weighted by Gasteiger charge is -2.25. The van der Waals surface area contributed by atoms with Crippen LogP contribution in [0.2, 0.25) is 10.0 Å². The van der Waals surface area contributed by atoms with E-state index in [2.05, 4.69) is 5.32 Å². The molecule has 6 heteroatoms. The van der Waals surface area contributed by atoms with Gasteiger partial charge in [0.05, 0.1) is 16.7 Å². The van der Waals surface area contributed by atoms with E-state index in [0.29, 0.717) is 16.7 Å². The van der Waals surface area contributed by atoms with E-state index in [0.717, 1.165) is 18.7 Å². The van der Waals surface area contributed by atoms with Gasteiger partial charge in [0.1, 0.15) is 6.79 Å². The molecule has 0 aliphatic carbocycles. The lowest BCUT2D eigenvalue weighted by Crippen LogP contribution is -2.29. The van der Waals surface area contributed by atoms with E-state index in [1.165, 1.54) is 0 Å². The Kier molecular flexibility index (Phi) is 5.88. The fraction of sp³-hybridized carbons (Fsp3) is 0.538. The first-order valence-corrected chi connectivity index (χ1v) is 6.85. The Morgan fingerprint density at radius 1 is 1.37 bits per heavy atom. The van der Waals surface area contributed by atoms with Crippen molar-refractivity contribution in [3.63, 3.8) is 0 Å². The van der Waals surface area contributed by atoms with Gasteiger partial charge in [-0.25, -0.2) is 0 Å². The van der Waals surface area contributed by atoms with Crippen LogP contribution in [0, 0.1) is 0 Å². The first-order chi connectivity index (χ1) is 9.22. The summed E-state index contributed by atoms with van der Waals surface area (Å²) in [5, 5.41) is 4.39. The predicted octanol–water partition coefficient (Wildman–Crippen LogP) is 2.64. The molecular formula is C13H17Cl2NO3. The zero-order valence-electron chi connectivity index (χ0n) is 10.7. The summed E-state index contributed by atoms with van der Waals surface area (Å²) in [5.41, 5.74) is 1.03. The minimum Gasteiger partial charge on any atom is -0.359 e. The molecule has 0 radical (unpaired) electrons. The van der Waals surface area contributed by atoms with Crippen molar-refractivity contribution < 1.29 is 14.2 Å². The van der Waals surface area contributed by atoms with Gasteiger partial charge in [-0.1, -0.05) is 29.3 Å². The maximum atomic E-state index is 6.07. The third-order valence-corrected chi connectivity index (χ3v) is 3.71. The maximum Gasteiger partial charge on any atom is 0.168 e. The largest absolute Gasteiger partial charge is 0.359 e. The third-order valence-electron chi connectivity index (χ3n) is 2.98. The van der Waals surface area contributed by atoms with Crippen LogP contribution in [0.25, 0.3) is 0 Å². The van der Waals surface area contributed by atoms with Crippen molar-refractivity contribution in [2.24, 2.45) is 0 Å². The van der Waals surface area contributed by atoms with Crippen molar-refractivity contribution >= 4 is 23.2 Å². The number of ether oxygens (including phenoxy) is 3. The highest BCUT2D eigenvalue weighted by molar-refractivity contribution is 6.42. The Balaban J connectivity index is 2.18. The van der Waals surface area contributed by atoms with E-state index in [1.807, 2.05) is 12.1 Å². The summed E-state index contributed by atoms with van der Waals surface area (Å²) in [6.07, 6.45) is -0.354. The minimum absolute atomic E-state index is 0.0485. The molecule has 1 fully saturated rings. The number of rotatable bonds is 4. The van der Waals surface area contributed by atoms with Gasteiger partial charge >= 0.3 is 0 Å². The second kappa shape index (κ2) is 7.43. The normalized spacial score (nSPS) is 24.2. The van der Waals surface area contributed by atoms with E-state index in [1.54, 1.807) is 13.2 Å². The summed E-state index contributed by atoms with van der Waals surface area (Å²) in [5.74, 6) is 0.0485. The van der Waals surface area contributed by atoms with E-state index < -0.39 is 0 Å². The Morgan fingerprint density at radius 3 is 2.95 bits per heavy atom. The SMILES string of the molecule is COCOC1OCCNCC1c1ccc(Cl)c(Cl)c1. The Labute approximate surface area is 122 Å². The van der Waals surface area contributed by atoms with Gasteiger partial charge < -0.3 is 19.5 Å². The molecule has 2 atom stereocenters. The standard InChI is InChI=1S/C13H17Cl2NO3/c1-17-8-19-13-10(7-16-4-5-18-13)9-2-3-11(14)12(15)6-9/h2-3,6,10,13,16H,4-5,7-8H2,1H3. The first kappa shape index (κ1) is 15.0. The van der Waals surface area contributed by atoms with Crippen LogP contribution in [0.4, 0.5) is 0 Å². The van der Waals surface area contributed by atoms with Gasteiger partial charge in [0.25, 0.3) is 0 Å². The Bertz CT molecular complexity index is 417. The van der Waals surface area contributed by atoms with Crippen LogP contribution in [-0.4, -0.2) is 39.9 Å². The first-order valence-electron chi connectivity index (χ1n) is 6.10. The molecule has 0 bridgehead atoms. The molecule has 2 rings (SSSR count). The van der Waals surface area contributed by atoms with E-state index in [4.69, 9.17) is 37.4 Å². The number of nitrogens with one attached hydrogen (secondary N) is 1. The summed E-state index contributed by atoms with van der Waals surface area (Å²) < 4.78 is 16.2. The molecule has 0 aromatic heterocycles. The molecule has 0 amide bonds. The van der Waals surface area contributed by atoms with Crippen LogP contribution < -0.4 is 5.32 Å². The number of halogens is 2. The van der Waals surface area contributed by atoms with E-state index in [-0.39, 0.29) is 19.0 Å². The van der Waals surface area contributed by atoms with Gasteiger partial charge in [0.15, 0.2) is 6.29 Å². The van der Waals surface area contributed by atoms with Crippen molar-refractivity contribution in [3.05, 3.63) is 33.8 Å². The van der Waals surface area contributed by atoms with Crippen molar-refractivity contribution in [2.75, 3.05) is 33.6 Å². The molecule has 1 aliphatic rings. The summed E-state index contributed by atoms with van der Waals surface area (Å²) >= 11 is 12.0. The molecule has 0 spiro atoms. The Morgan fingerprint density at radius 2 is 2.21 bits per heavy atom. The highest BCUT2D eigenvalue weighted by atomic mass is 35.5. The lowest BCUT2D eigenvalue weighted by atomic mass is 9.98. The van der Waals surface area contributed by atoms with Crippen LogP contribution in [0.3, 0.4) is 0 Å². The number of hydrogen-bond donors (Lipinski definition) is 1. The van der Waals surface area contributed by atoms with Gasteiger partial charge in [-0.15, -0.1) is 0 Å². The second-order valence-electron chi connectivity index (χ2n) is 4.30. The van der Waals surface area contributed by atoms with Crippen molar-refractivity contribution in [1.29, 1.82) is 0 Å². The predicted molar refractivity (Wildman–Crippen MR) is 74.8 cm³/mol. The van der Waals surface area contributed by atoms with Gasteiger partial charge in [0.2, 0.25) is 0 Å². The molecule has 1 aromatic rings. The van der Waals surface area contributed by atoms with Crippen LogP contribution in [0.1, 0.15) is 11.5 Å². The average molecular weight is 306 g/mol. The number of benzene rings is 1.